The summed E-state index contributed by atoms with van der Waals surface area (Å²) >= 11 is 0. The van der Waals surface area contributed by atoms with E-state index in [4.69, 9.17) is 11.5 Å². The van der Waals surface area contributed by atoms with Crippen LogP contribution in [0.15, 0.2) is 12.3 Å². The van der Waals surface area contributed by atoms with Crippen LogP contribution in [0.5, 0.6) is 0 Å². The number of nitrogens with two attached hydrogens (primary N) is 2. The molecular formula is C10H17N5. The van der Waals surface area contributed by atoms with Gasteiger partial charge in [-0.25, -0.2) is 4.98 Å². The molecule has 1 atom stereocenters. The molecule has 5 heteroatoms. The Morgan fingerprint density at radius 2 is 2.33 bits per heavy atom. The zero-order valence-corrected chi connectivity index (χ0v) is 9.07. The summed E-state index contributed by atoms with van der Waals surface area (Å²) in [6.07, 6.45) is 6.45. The standard InChI is InChI=1S/C10H17N5/c1-7(11)4-3-5-8-6-14-10(12)15-9(8)13-2/h3,5-7H,4,11H2,1-2H3,(H3,12,13,14,15)/b5-3+/t7-/m0/s1. The lowest BCUT2D eigenvalue weighted by Crippen LogP contribution is -2.12. The summed E-state index contributed by atoms with van der Waals surface area (Å²) in [5.41, 5.74) is 12.0. The Kier molecular flexibility index (Phi) is 4.05. The van der Waals surface area contributed by atoms with Gasteiger partial charge >= 0.3 is 0 Å². The van der Waals surface area contributed by atoms with Crippen LogP contribution in [0.4, 0.5) is 11.8 Å². The molecule has 5 N–H and O–H groups in total. The molecule has 0 fully saturated rings. The lowest BCUT2D eigenvalue weighted by atomic mass is 10.2. The summed E-state index contributed by atoms with van der Waals surface area (Å²) in [5, 5.41) is 2.96. The summed E-state index contributed by atoms with van der Waals surface area (Å²) in [6, 6.07) is 0.161. The van der Waals surface area contributed by atoms with Crippen LogP contribution in [-0.2, 0) is 0 Å². The summed E-state index contributed by atoms with van der Waals surface area (Å²) in [4.78, 5) is 7.99. The summed E-state index contributed by atoms with van der Waals surface area (Å²) in [7, 11) is 1.80. The average Bonchev–Trinajstić information content (AvgIpc) is 2.19. The predicted octanol–water partition coefficient (Wildman–Crippen LogP) is 0.851. The third kappa shape index (κ3) is 3.55. The fraction of sp³-hybridized carbons (Fsp3) is 0.400. The number of anilines is 2. The highest BCUT2D eigenvalue weighted by Crippen LogP contribution is 2.13. The number of nitrogens with zero attached hydrogens (tertiary/aromatic N) is 2. The molecule has 15 heavy (non-hydrogen) atoms. The molecule has 1 heterocycles. The van der Waals surface area contributed by atoms with Crippen molar-refractivity contribution in [3.63, 3.8) is 0 Å². The second-order valence-electron chi connectivity index (χ2n) is 3.40. The first-order valence-corrected chi connectivity index (χ1v) is 4.86. The van der Waals surface area contributed by atoms with E-state index in [1.54, 1.807) is 13.2 Å². The third-order valence-corrected chi connectivity index (χ3v) is 1.88. The third-order valence-electron chi connectivity index (χ3n) is 1.88. The Morgan fingerprint density at radius 3 is 2.93 bits per heavy atom. The topological polar surface area (TPSA) is 89.8 Å². The number of hydrogen-bond donors (Lipinski definition) is 3. The van der Waals surface area contributed by atoms with Crippen LogP contribution in [0.3, 0.4) is 0 Å². The highest BCUT2D eigenvalue weighted by Gasteiger charge is 2.00. The molecule has 1 aromatic heterocycles. The maximum Gasteiger partial charge on any atom is 0.221 e. The van der Waals surface area contributed by atoms with Gasteiger partial charge in [0.2, 0.25) is 5.95 Å². The van der Waals surface area contributed by atoms with E-state index < -0.39 is 0 Å². The van der Waals surface area contributed by atoms with Gasteiger partial charge in [-0.1, -0.05) is 12.2 Å². The molecule has 0 saturated carbocycles. The minimum absolute atomic E-state index is 0.161. The SMILES string of the molecule is CNc1nc(N)ncc1/C=C/C[C@H](C)N. The second kappa shape index (κ2) is 5.31. The van der Waals surface area contributed by atoms with Gasteiger partial charge in [0.15, 0.2) is 0 Å². The van der Waals surface area contributed by atoms with Crippen LogP contribution >= 0.6 is 0 Å². The second-order valence-corrected chi connectivity index (χ2v) is 3.40. The Labute approximate surface area is 89.6 Å². The number of nitrogen functional groups attached to an aromatic ring is 1. The molecular weight excluding hydrogens is 190 g/mol. The Bertz CT molecular complexity index is 346. The molecule has 82 valence electrons. The molecule has 0 radical (unpaired) electrons. The van der Waals surface area contributed by atoms with E-state index in [0.717, 1.165) is 17.8 Å². The van der Waals surface area contributed by atoms with Gasteiger partial charge in [-0.3, -0.25) is 0 Å². The van der Waals surface area contributed by atoms with E-state index in [0.29, 0.717) is 0 Å². The summed E-state index contributed by atoms with van der Waals surface area (Å²) in [5.74, 6) is 0.993. The largest absolute Gasteiger partial charge is 0.372 e. The van der Waals surface area contributed by atoms with Gasteiger partial charge < -0.3 is 16.8 Å². The zero-order valence-electron chi connectivity index (χ0n) is 9.07. The van der Waals surface area contributed by atoms with Crippen LogP contribution in [0.25, 0.3) is 6.08 Å². The number of aromatic nitrogens is 2. The molecule has 0 spiro atoms. The van der Waals surface area contributed by atoms with Crippen molar-refractivity contribution in [3.8, 4) is 0 Å². The monoisotopic (exact) mass is 207 g/mol. The molecule has 0 aliphatic carbocycles. The quantitative estimate of drug-likeness (QED) is 0.681. The van der Waals surface area contributed by atoms with Gasteiger partial charge in [0, 0.05) is 24.8 Å². The highest BCUT2D eigenvalue weighted by atomic mass is 15.1. The Morgan fingerprint density at radius 1 is 1.60 bits per heavy atom. The molecule has 0 aliphatic rings. The van der Waals surface area contributed by atoms with Crippen LogP contribution in [0, 0.1) is 0 Å². The van der Waals surface area contributed by atoms with E-state index >= 15 is 0 Å². The van der Waals surface area contributed by atoms with Gasteiger partial charge in [-0.05, 0) is 13.3 Å². The lowest BCUT2D eigenvalue weighted by Gasteiger charge is -2.04. The molecule has 0 aliphatic heterocycles. The molecule has 0 unspecified atom stereocenters. The van der Waals surface area contributed by atoms with Crippen molar-refractivity contribution in [3.05, 3.63) is 17.8 Å². The fourth-order valence-corrected chi connectivity index (χ4v) is 1.14. The molecule has 0 aromatic carbocycles. The number of nitrogens with one attached hydrogen (secondary N) is 1. The van der Waals surface area contributed by atoms with Crippen molar-refractivity contribution in [1.29, 1.82) is 0 Å². The van der Waals surface area contributed by atoms with Crippen molar-refractivity contribution in [2.24, 2.45) is 5.73 Å². The number of hydrogen-bond acceptors (Lipinski definition) is 5. The highest BCUT2D eigenvalue weighted by molar-refractivity contribution is 5.62. The molecule has 1 aromatic rings. The fourth-order valence-electron chi connectivity index (χ4n) is 1.14. The minimum Gasteiger partial charge on any atom is -0.372 e. The Balaban J connectivity index is 2.80. The minimum atomic E-state index is 0.161. The first kappa shape index (κ1) is 11.5. The zero-order chi connectivity index (χ0) is 11.3. The van der Waals surface area contributed by atoms with Gasteiger partial charge in [0.1, 0.15) is 5.82 Å². The van der Waals surface area contributed by atoms with Crippen LogP contribution in [-0.4, -0.2) is 23.1 Å². The molecule has 1 rings (SSSR count). The van der Waals surface area contributed by atoms with Crippen molar-refractivity contribution in [2.45, 2.75) is 19.4 Å². The average molecular weight is 207 g/mol. The lowest BCUT2D eigenvalue weighted by molar-refractivity contribution is 0.759. The van der Waals surface area contributed by atoms with Crippen molar-refractivity contribution < 1.29 is 0 Å². The molecule has 0 amide bonds. The smallest absolute Gasteiger partial charge is 0.221 e. The maximum atomic E-state index is 5.63. The first-order valence-electron chi connectivity index (χ1n) is 4.86. The Hall–Kier alpha value is -1.62. The normalized spacial score (nSPS) is 13.0. The van der Waals surface area contributed by atoms with Gasteiger partial charge in [0.05, 0.1) is 0 Å². The van der Waals surface area contributed by atoms with Crippen LogP contribution in [0.2, 0.25) is 0 Å². The van der Waals surface area contributed by atoms with Gasteiger partial charge in [-0.15, -0.1) is 0 Å². The predicted molar refractivity (Wildman–Crippen MR) is 63.3 cm³/mol. The van der Waals surface area contributed by atoms with E-state index in [2.05, 4.69) is 15.3 Å². The van der Waals surface area contributed by atoms with Crippen molar-refractivity contribution in [2.75, 3.05) is 18.1 Å². The van der Waals surface area contributed by atoms with E-state index in [9.17, 15) is 0 Å². The van der Waals surface area contributed by atoms with E-state index in [1.807, 2.05) is 19.1 Å². The molecule has 0 bridgehead atoms. The van der Waals surface area contributed by atoms with Crippen LogP contribution < -0.4 is 16.8 Å². The van der Waals surface area contributed by atoms with Crippen LogP contribution in [0.1, 0.15) is 18.9 Å². The van der Waals surface area contributed by atoms with Crippen molar-refractivity contribution in [1.82, 2.24) is 9.97 Å². The van der Waals surface area contributed by atoms with Gasteiger partial charge in [0.25, 0.3) is 0 Å². The summed E-state index contributed by atoms with van der Waals surface area (Å²) in [6.45, 7) is 1.96. The summed E-state index contributed by atoms with van der Waals surface area (Å²) < 4.78 is 0. The van der Waals surface area contributed by atoms with Gasteiger partial charge in [-0.2, -0.15) is 4.98 Å². The van der Waals surface area contributed by atoms with E-state index in [-0.39, 0.29) is 12.0 Å². The number of rotatable bonds is 4. The molecule has 5 nitrogen and oxygen atoms in total. The van der Waals surface area contributed by atoms with Crippen molar-refractivity contribution >= 4 is 17.8 Å². The first-order chi connectivity index (χ1) is 7.13. The maximum absolute atomic E-state index is 5.63. The van der Waals surface area contributed by atoms with E-state index in [1.165, 1.54) is 0 Å². The molecule has 0 saturated heterocycles.